The zero-order chi connectivity index (χ0) is 25.1. The SMILES string of the molecule is C=C/C=C1/CCC2C(CCC3(C)C(C(C)=NCCCC(N)C(C)(C)CC)CCC23)C1(C)CCC. The van der Waals surface area contributed by atoms with Crippen LogP contribution in [0.25, 0.3) is 0 Å². The van der Waals surface area contributed by atoms with Crippen LogP contribution in [0.5, 0.6) is 0 Å². The van der Waals surface area contributed by atoms with Gasteiger partial charge in [-0.05, 0) is 105 Å². The van der Waals surface area contributed by atoms with E-state index in [4.69, 9.17) is 10.7 Å². The first-order chi connectivity index (χ1) is 16.0. The molecule has 2 heteroatoms. The van der Waals surface area contributed by atoms with Crippen LogP contribution in [-0.2, 0) is 0 Å². The second kappa shape index (κ2) is 11.0. The maximum absolute atomic E-state index is 6.49. The summed E-state index contributed by atoms with van der Waals surface area (Å²) in [7, 11) is 0. The average Bonchev–Trinajstić information content (AvgIpc) is 3.16. The van der Waals surface area contributed by atoms with E-state index in [0.29, 0.717) is 16.7 Å². The van der Waals surface area contributed by atoms with Crippen molar-refractivity contribution in [3.05, 3.63) is 24.3 Å². The molecular formula is C32H56N2. The highest BCUT2D eigenvalue weighted by molar-refractivity contribution is 5.85. The molecular weight excluding hydrogens is 412 g/mol. The predicted molar refractivity (Wildman–Crippen MR) is 150 cm³/mol. The highest BCUT2D eigenvalue weighted by atomic mass is 14.8. The summed E-state index contributed by atoms with van der Waals surface area (Å²) in [6, 6.07) is 0.278. The number of hydrogen-bond donors (Lipinski definition) is 1. The van der Waals surface area contributed by atoms with Gasteiger partial charge in [0.15, 0.2) is 0 Å². The zero-order valence-corrected chi connectivity index (χ0v) is 23.8. The van der Waals surface area contributed by atoms with Crippen LogP contribution in [-0.4, -0.2) is 18.3 Å². The van der Waals surface area contributed by atoms with Gasteiger partial charge in [0.1, 0.15) is 0 Å². The number of nitrogens with two attached hydrogens (primary N) is 1. The Morgan fingerprint density at radius 2 is 1.91 bits per heavy atom. The van der Waals surface area contributed by atoms with Gasteiger partial charge in [-0.1, -0.05) is 72.3 Å². The third-order valence-corrected chi connectivity index (χ3v) is 11.3. The topological polar surface area (TPSA) is 38.4 Å². The van der Waals surface area contributed by atoms with E-state index >= 15 is 0 Å². The van der Waals surface area contributed by atoms with E-state index in [2.05, 4.69) is 61.1 Å². The van der Waals surface area contributed by atoms with Crippen LogP contribution in [0, 0.1) is 39.9 Å². The molecule has 194 valence electrons. The second-order valence-electron chi connectivity index (χ2n) is 13.3. The molecule has 2 nitrogen and oxygen atoms in total. The van der Waals surface area contributed by atoms with Gasteiger partial charge in [-0.15, -0.1) is 0 Å². The smallest absolute Gasteiger partial charge is 0.0389 e. The minimum absolute atomic E-state index is 0.233. The summed E-state index contributed by atoms with van der Waals surface area (Å²) in [6.45, 7) is 21.8. The van der Waals surface area contributed by atoms with Gasteiger partial charge in [-0.2, -0.15) is 0 Å². The van der Waals surface area contributed by atoms with Crippen LogP contribution >= 0.6 is 0 Å². The highest BCUT2D eigenvalue weighted by Gasteiger charge is 2.58. The van der Waals surface area contributed by atoms with Gasteiger partial charge >= 0.3 is 0 Å². The van der Waals surface area contributed by atoms with Crippen molar-refractivity contribution in [1.82, 2.24) is 0 Å². The molecule has 7 atom stereocenters. The lowest BCUT2D eigenvalue weighted by molar-refractivity contribution is -0.0408. The van der Waals surface area contributed by atoms with Gasteiger partial charge < -0.3 is 5.73 Å². The minimum Gasteiger partial charge on any atom is -0.327 e. The molecule has 0 bridgehead atoms. The number of allylic oxidation sites excluding steroid dienone is 3. The lowest BCUT2D eigenvalue weighted by Crippen LogP contribution is -2.50. The van der Waals surface area contributed by atoms with Crippen molar-refractivity contribution in [2.24, 2.45) is 50.6 Å². The molecule has 0 heterocycles. The molecule has 0 aromatic heterocycles. The van der Waals surface area contributed by atoms with Crippen molar-refractivity contribution < 1.29 is 0 Å². The van der Waals surface area contributed by atoms with E-state index in [0.717, 1.165) is 43.6 Å². The van der Waals surface area contributed by atoms with Crippen molar-refractivity contribution >= 4 is 5.71 Å². The fourth-order valence-electron chi connectivity index (χ4n) is 8.62. The monoisotopic (exact) mass is 468 g/mol. The zero-order valence-electron chi connectivity index (χ0n) is 23.8. The first kappa shape index (κ1) is 27.7. The molecule has 2 N–H and O–H groups in total. The van der Waals surface area contributed by atoms with E-state index in [9.17, 15) is 0 Å². The van der Waals surface area contributed by atoms with Crippen LogP contribution in [0.2, 0.25) is 0 Å². The maximum atomic E-state index is 6.49. The fourth-order valence-corrected chi connectivity index (χ4v) is 8.62. The van der Waals surface area contributed by atoms with Crippen LogP contribution in [0.1, 0.15) is 119 Å². The summed E-state index contributed by atoms with van der Waals surface area (Å²) >= 11 is 0. The molecule has 0 aliphatic heterocycles. The Kier molecular flexibility index (Phi) is 8.97. The van der Waals surface area contributed by atoms with E-state index in [1.54, 1.807) is 5.57 Å². The summed E-state index contributed by atoms with van der Waals surface area (Å²) in [4.78, 5) is 5.16. The van der Waals surface area contributed by atoms with Gasteiger partial charge in [-0.25, -0.2) is 0 Å². The van der Waals surface area contributed by atoms with Gasteiger partial charge in [0, 0.05) is 24.2 Å². The quantitative estimate of drug-likeness (QED) is 0.252. The van der Waals surface area contributed by atoms with Crippen molar-refractivity contribution in [1.29, 1.82) is 0 Å². The molecule has 7 unspecified atom stereocenters. The Hall–Kier alpha value is -0.890. The summed E-state index contributed by atoms with van der Waals surface area (Å²) in [6.07, 6.45) is 18.6. The Morgan fingerprint density at radius 3 is 2.56 bits per heavy atom. The molecule has 3 fully saturated rings. The van der Waals surface area contributed by atoms with Gasteiger partial charge in [0.2, 0.25) is 0 Å². The Bertz CT molecular complexity index is 761. The fraction of sp³-hybridized carbons (Fsp3) is 0.844. The summed E-state index contributed by atoms with van der Waals surface area (Å²) < 4.78 is 0. The van der Waals surface area contributed by atoms with E-state index in [1.807, 2.05) is 6.08 Å². The average molecular weight is 469 g/mol. The standard InChI is InChI=1S/C32H56N2/c1-9-13-24-15-16-25-27-18-17-26(23(4)34-22-12-14-29(33)30(5,6)11-3)32(27,8)21-19-28(25)31(24,7)20-10-2/h9,13,25-29H,1,10-12,14-22,33H2,2-8H3/b24-13-,34-23?. The van der Waals surface area contributed by atoms with Crippen molar-refractivity contribution in [2.75, 3.05) is 6.54 Å². The number of fused-ring (bicyclic) bond motifs is 3. The van der Waals surface area contributed by atoms with Gasteiger partial charge in [0.25, 0.3) is 0 Å². The molecule has 3 rings (SSSR count). The first-order valence-electron chi connectivity index (χ1n) is 14.6. The highest BCUT2D eigenvalue weighted by Crippen LogP contribution is 2.66. The molecule has 34 heavy (non-hydrogen) atoms. The van der Waals surface area contributed by atoms with Crippen molar-refractivity contribution in [3.63, 3.8) is 0 Å². The van der Waals surface area contributed by atoms with Crippen molar-refractivity contribution in [3.8, 4) is 0 Å². The predicted octanol–water partition coefficient (Wildman–Crippen LogP) is 8.76. The molecule has 0 spiro atoms. The van der Waals surface area contributed by atoms with E-state index in [1.165, 1.54) is 57.1 Å². The maximum Gasteiger partial charge on any atom is 0.0389 e. The molecule has 0 aromatic rings. The van der Waals surface area contributed by atoms with E-state index < -0.39 is 0 Å². The van der Waals surface area contributed by atoms with Crippen LogP contribution < -0.4 is 5.73 Å². The van der Waals surface area contributed by atoms with Crippen LogP contribution in [0.15, 0.2) is 29.3 Å². The third kappa shape index (κ3) is 5.14. The minimum atomic E-state index is 0.233. The Morgan fingerprint density at radius 1 is 1.18 bits per heavy atom. The third-order valence-electron chi connectivity index (χ3n) is 11.3. The largest absolute Gasteiger partial charge is 0.327 e. The lowest BCUT2D eigenvalue weighted by Gasteiger charge is -2.57. The molecule has 3 aliphatic rings. The van der Waals surface area contributed by atoms with Gasteiger partial charge in [-0.3, -0.25) is 4.99 Å². The number of nitrogens with zero attached hydrogens (tertiary/aromatic N) is 1. The molecule has 0 amide bonds. The van der Waals surface area contributed by atoms with Crippen LogP contribution in [0.4, 0.5) is 0 Å². The van der Waals surface area contributed by atoms with E-state index in [-0.39, 0.29) is 11.5 Å². The molecule has 0 saturated heterocycles. The summed E-state index contributed by atoms with van der Waals surface area (Å²) in [5, 5.41) is 0. The lowest BCUT2D eigenvalue weighted by atomic mass is 9.47. The Labute approximate surface area is 212 Å². The molecule has 0 aromatic carbocycles. The molecule has 3 aliphatic carbocycles. The number of aliphatic imine (C=N–C) groups is 1. The van der Waals surface area contributed by atoms with Crippen LogP contribution in [0.3, 0.4) is 0 Å². The first-order valence-corrected chi connectivity index (χ1v) is 14.6. The summed E-state index contributed by atoms with van der Waals surface area (Å²) in [5.74, 6) is 3.30. The molecule has 0 radical (unpaired) electrons. The normalized spacial score (nSPS) is 38.5. The van der Waals surface area contributed by atoms with Gasteiger partial charge in [0.05, 0.1) is 0 Å². The van der Waals surface area contributed by atoms with Crippen molar-refractivity contribution in [2.45, 2.75) is 125 Å². The summed E-state index contributed by atoms with van der Waals surface area (Å²) in [5.41, 5.74) is 10.7. The number of rotatable bonds is 10. The number of hydrogen-bond acceptors (Lipinski definition) is 2. The molecule has 3 saturated carbocycles. The Balaban J connectivity index is 1.69. The second-order valence-corrected chi connectivity index (χ2v) is 13.3.